The molecular weight excluding hydrogens is 273 g/mol. The van der Waals surface area contributed by atoms with Crippen LogP contribution in [0, 0.1) is 11.7 Å². The zero-order chi connectivity index (χ0) is 14.5. The van der Waals surface area contributed by atoms with E-state index in [1.165, 1.54) is 6.07 Å². The third-order valence-corrected chi connectivity index (χ3v) is 3.08. The lowest BCUT2D eigenvalue weighted by molar-refractivity contribution is 0.0810. The predicted molar refractivity (Wildman–Crippen MR) is 68.9 cm³/mol. The third kappa shape index (κ3) is 5.54. The number of hydrogen-bond acceptors (Lipinski definition) is 4. The van der Waals surface area contributed by atoms with Crippen LogP contribution < -0.4 is 9.88 Å². The van der Waals surface area contributed by atoms with E-state index < -0.39 is 15.8 Å². The maximum absolute atomic E-state index is 13.0. The zero-order valence-electron chi connectivity index (χ0n) is 10.9. The van der Waals surface area contributed by atoms with Crippen LogP contribution in [-0.2, 0) is 14.8 Å². The molecule has 0 heterocycles. The molecule has 2 N–H and O–H groups in total. The monoisotopic (exact) mass is 291 g/mol. The van der Waals surface area contributed by atoms with Crippen LogP contribution in [0.15, 0.2) is 23.1 Å². The van der Waals surface area contributed by atoms with E-state index >= 15 is 0 Å². The second-order valence-electron chi connectivity index (χ2n) is 4.45. The van der Waals surface area contributed by atoms with Gasteiger partial charge in [0.2, 0.25) is 10.0 Å². The number of halogens is 1. The van der Waals surface area contributed by atoms with Gasteiger partial charge in [-0.3, -0.25) is 0 Å². The summed E-state index contributed by atoms with van der Waals surface area (Å²) in [7, 11) is -4.02. The van der Waals surface area contributed by atoms with Crippen molar-refractivity contribution in [3.63, 3.8) is 0 Å². The molecule has 1 rings (SSSR count). The lowest BCUT2D eigenvalue weighted by atomic mass is 10.2. The highest BCUT2D eigenvalue weighted by Gasteiger charge is 2.16. The Balaban J connectivity index is 2.64. The SMILES string of the molecule is CC(C)COCCOc1ccc(F)cc1S(N)(=O)=O. The van der Waals surface area contributed by atoms with Crippen molar-refractivity contribution < 1.29 is 22.3 Å². The second kappa shape index (κ2) is 6.83. The second-order valence-corrected chi connectivity index (χ2v) is 5.98. The number of nitrogens with two attached hydrogens (primary N) is 1. The maximum Gasteiger partial charge on any atom is 0.241 e. The van der Waals surface area contributed by atoms with Crippen molar-refractivity contribution in [2.24, 2.45) is 11.1 Å². The molecule has 0 spiro atoms. The Morgan fingerprint density at radius 1 is 1.32 bits per heavy atom. The highest BCUT2D eigenvalue weighted by molar-refractivity contribution is 7.89. The first-order valence-corrected chi connectivity index (χ1v) is 7.38. The smallest absolute Gasteiger partial charge is 0.241 e. The summed E-state index contributed by atoms with van der Waals surface area (Å²) in [5.41, 5.74) is 0. The molecule has 0 radical (unpaired) electrons. The molecule has 7 heteroatoms. The molecular formula is C12H18FNO4S. The maximum atomic E-state index is 13.0. The summed E-state index contributed by atoms with van der Waals surface area (Å²) in [5, 5.41) is 4.99. The Labute approximate surface area is 112 Å². The van der Waals surface area contributed by atoms with Gasteiger partial charge in [-0.1, -0.05) is 13.8 Å². The molecule has 0 aliphatic heterocycles. The van der Waals surface area contributed by atoms with E-state index in [1.54, 1.807) is 0 Å². The normalized spacial score (nSPS) is 11.8. The molecule has 0 aromatic heterocycles. The fourth-order valence-electron chi connectivity index (χ4n) is 1.35. The number of ether oxygens (including phenoxy) is 2. The Morgan fingerprint density at radius 3 is 2.58 bits per heavy atom. The van der Waals surface area contributed by atoms with Crippen molar-refractivity contribution in [1.82, 2.24) is 0 Å². The average Bonchev–Trinajstić information content (AvgIpc) is 2.28. The Kier molecular flexibility index (Phi) is 5.71. The van der Waals surface area contributed by atoms with E-state index in [0.29, 0.717) is 19.1 Å². The van der Waals surface area contributed by atoms with E-state index in [2.05, 4.69) is 0 Å². The number of hydrogen-bond donors (Lipinski definition) is 1. The molecule has 108 valence electrons. The molecule has 0 aliphatic carbocycles. The Morgan fingerprint density at radius 2 is 2.00 bits per heavy atom. The van der Waals surface area contributed by atoms with Crippen LogP contribution in [0.2, 0.25) is 0 Å². The zero-order valence-corrected chi connectivity index (χ0v) is 11.7. The van der Waals surface area contributed by atoms with Gasteiger partial charge in [0.25, 0.3) is 0 Å². The summed E-state index contributed by atoms with van der Waals surface area (Å²) < 4.78 is 46.1. The van der Waals surface area contributed by atoms with Crippen LogP contribution in [0.4, 0.5) is 4.39 Å². The van der Waals surface area contributed by atoms with Gasteiger partial charge in [0.1, 0.15) is 23.1 Å². The molecule has 0 aliphatic rings. The molecule has 0 saturated carbocycles. The van der Waals surface area contributed by atoms with Gasteiger partial charge < -0.3 is 9.47 Å². The van der Waals surface area contributed by atoms with Gasteiger partial charge in [-0.15, -0.1) is 0 Å². The van der Waals surface area contributed by atoms with E-state index in [1.807, 2.05) is 13.8 Å². The number of benzene rings is 1. The van der Waals surface area contributed by atoms with Gasteiger partial charge in [-0.2, -0.15) is 0 Å². The van der Waals surface area contributed by atoms with Crippen molar-refractivity contribution in [3.05, 3.63) is 24.0 Å². The van der Waals surface area contributed by atoms with Crippen LogP contribution in [0.25, 0.3) is 0 Å². The molecule has 19 heavy (non-hydrogen) atoms. The van der Waals surface area contributed by atoms with Gasteiger partial charge in [0, 0.05) is 6.61 Å². The van der Waals surface area contributed by atoms with Crippen molar-refractivity contribution >= 4 is 10.0 Å². The first-order chi connectivity index (χ1) is 8.80. The lowest BCUT2D eigenvalue weighted by Gasteiger charge is -2.11. The van der Waals surface area contributed by atoms with E-state index in [-0.39, 0.29) is 17.3 Å². The molecule has 1 aromatic rings. The van der Waals surface area contributed by atoms with Crippen LogP contribution >= 0.6 is 0 Å². The van der Waals surface area contributed by atoms with Gasteiger partial charge in [-0.05, 0) is 24.1 Å². The quantitative estimate of drug-likeness (QED) is 0.773. The first kappa shape index (κ1) is 15.9. The molecule has 0 saturated heterocycles. The van der Waals surface area contributed by atoms with Crippen molar-refractivity contribution in [1.29, 1.82) is 0 Å². The molecule has 0 atom stereocenters. The third-order valence-electron chi connectivity index (χ3n) is 2.15. The van der Waals surface area contributed by atoms with E-state index in [9.17, 15) is 12.8 Å². The van der Waals surface area contributed by atoms with Crippen molar-refractivity contribution in [2.75, 3.05) is 19.8 Å². The molecule has 0 amide bonds. The highest BCUT2D eigenvalue weighted by atomic mass is 32.2. The minimum absolute atomic E-state index is 0.0250. The summed E-state index contributed by atoms with van der Waals surface area (Å²) in [4.78, 5) is -0.364. The van der Waals surface area contributed by atoms with Gasteiger partial charge in [0.05, 0.1) is 6.61 Å². The standard InChI is InChI=1S/C12H18FNO4S/c1-9(2)8-17-5-6-18-11-4-3-10(13)7-12(11)19(14,15)16/h3-4,7,9H,5-6,8H2,1-2H3,(H2,14,15,16). The van der Waals surface area contributed by atoms with Gasteiger partial charge >= 0.3 is 0 Å². The summed E-state index contributed by atoms with van der Waals surface area (Å²) >= 11 is 0. The minimum atomic E-state index is -4.02. The first-order valence-electron chi connectivity index (χ1n) is 5.83. The van der Waals surface area contributed by atoms with E-state index in [0.717, 1.165) is 12.1 Å². The Bertz CT molecular complexity index is 516. The fourth-order valence-corrected chi connectivity index (χ4v) is 2.04. The summed E-state index contributed by atoms with van der Waals surface area (Å²) in [6, 6.07) is 3.18. The van der Waals surface area contributed by atoms with Gasteiger partial charge in [-0.25, -0.2) is 17.9 Å². The minimum Gasteiger partial charge on any atom is -0.490 e. The van der Waals surface area contributed by atoms with Crippen LogP contribution in [0.5, 0.6) is 5.75 Å². The van der Waals surface area contributed by atoms with Crippen LogP contribution in [0.1, 0.15) is 13.8 Å². The summed E-state index contributed by atoms with van der Waals surface area (Å²) in [5.74, 6) is -0.254. The van der Waals surface area contributed by atoms with Crippen LogP contribution in [-0.4, -0.2) is 28.2 Å². The topological polar surface area (TPSA) is 78.6 Å². The average molecular weight is 291 g/mol. The molecule has 0 bridgehead atoms. The largest absolute Gasteiger partial charge is 0.490 e. The number of primary sulfonamides is 1. The molecule has 0 fully saturated rings. The predicted octanol–water partition coefficient (Wildman–Crippen LogP) is 1.52. The van der Waals surface area contributed by atoms with Crippen LogP contribution in [0.3, 0.4) is 0 Å². The Hall–Kier alpha value is -1.18. The lowest BCUT2D eigenvalue weighted by Crippen LogP contribution is -2.16. The van der Waals surface area contributed by atoms with Gasteiger partial charge in [0.15, 0.2) is 0 Å². The summed E-state index contributed by atoms with van der Waals surface area (Å²) in [6.45, 7) is 5.11. The van der Waals surface area contributed by atoms with Crippen molar-refractivity contribution in [3.8, 4) is 5.75 Å². The fraction of sp³-hybridized carbons (Fsp3) is 0.500. The summed E-state index contributed by atoms with van der Waals surface area (Å²) in [6.07, 6.45) is 0. The number of sulfonamides is 1. The highest BCUT2D eigenvalue weighted by Crippen LogP contribution is 2.23. The molecule has 0 unspecified atom stereocenters. The van der Waals surface area contributed by atoms with Crippen molar-refractivity contribution in [2.45, 2.75) is 18.7 Å². The molecule has 1 aromatic carbocycles. The van der Waals surface area contributed by atoms with E-state index in [4.69, 9.17) is 14.6 Å². The number of rotatable bonds is 7. The molecule has 5 nitrogen and oxygen atoms in total.